The van der Waals surface area contributed by atoms with E-state index in [-0.39, 0.29) is 11.3 Å². The molecule has 1 aromatic rings. The van der Waals surface area contributed by atoms with Crippen LogP contribution in [0.1, 0.15) is 0 Å². The van der Waals surface area contributed by atoms with Gasteiger partial charge >= 0.3 is 0 Å². The summed E-state index contributed by atoms with van der Waals surface area (Å²) in [6.07, 6.45) is 0. The van der Waals surface area contributed by atoms with Crippen molar-refractivity contribution in [2.24, 2.45) is 0 Å². The number of nitrogens with zero attached hydrogens (tertiary/aromatic N) is 1. The molecule has 16 heavy (non-hydrogen) atoms. The molecule has 6 heteroatoms. The lowest BCUT2D eigenvalue weighted by Crippen LogP contribution is -2.31. The van der Waals surface area contributed by atoms with Crippen LogP contribution in [0.5, 0.6) is 0 Å². The van der Waals surface area contributed by atoms with E-state index in [1.807, 2.05) is 30.3 Å². The largest absolute Gasteiger partial charge is 0.302 e. The van der Waals surface area contributed by atoms with Crippen LogP contribution >= 0.6 is 21.8 Å². The van der Waals surface area contributed by atoms with Crippen molar-refractivity contribution in [3.8, 4) is 0 Å². The molecule has 0 amide bonds. The normalized spacial score (nSPS) is 31.6. The van der Waals surface area contributed by atoms with Gasteiger partial charge in [0, 0.05) is 16.7 Å². The summed E-state index contributed by atoms with van der Waals surface area (Å²) in [4.78, 5) is 0. The second-order valence-corrected chi connectivity index (χ2v) is 8.53. The molecule has 2 aliphatic rings. The number of hydrogen-bond donors (Lipinski definition) is 0. The maximum absolute atomic E-state index is 11.6. The summed E-state index contributed by atoms with van der Waals surface area (Å²) in [5, 5.41) is 0.232. The third-order valence-electron chi connectivity index (χ3n) is 2.83. The molecule has 0 aliphatic carbocycles. The molecular weight excluding hydrogens is 262 g/mol. The Morgan fingerprint density at radius 2 is 1.94 bits per heavy atom. The van der Waals surface area contributed by atoms with Gasteiger partial charge in [-0.15, -0.1) is 0 Å². The average molecular weight is 273 g/mol. The van der Waals surface area contributed by atoms with Crippen LogP contribution < -0.4 is 4.31 Å². The quantitative estimate of drug-likeness (QED) is 0.577. The van der Waals surface area contributed by atoms with Gasteiger partial charge in [-0.1, -0.05) is 29.0 Å². The second-order valence-electron chi connectivity index (χ2n) is 4.01. The molecule has 0 radical (unpaired) electrons. The average Bonchev–Trinajstić information content (AvgIpc) is 2.74. The monoisotopic (exact) mass is 273 g/mol. The first-order chi connectivity index (χ1) is 7.66. The first-order valence-corrected chi connectivity index (χ1v) is 9.03. The van der Waals surface area contributed by atoms with Gasteiger partial charge < -0.3 is 4.31 Å². The van der Waals surface area contributed by atoms with Crippen molar-refractivity contribution in [3.05, 3.63) is 30.3 Å². The Bertz CT molecular complexity index is 488. The van der Waals surface area contributed by atoms with Gasteiger partial charge in [-0.25, -0.2) is 8.42 Å². The Morgan fingerprint density at radius 1 is 1.19 bits per heavy atom. The Hall–Kier alpha value is -0.330. The van der Waals surface area contributed by atoms with Crippen LogP contribution in [0.4, 0.5) is 5.69 Å². The van der Waals surface area contributed by atoms with E-state index in [1.165, 1.54) is 0 Å². The smallest absolute Gasteiger partial charge is 0.153 e. The topological polar surface area (TPSA) is 37.4 Å². The van der Waals surface area contributed by atoms with Gasteiger partial charge in [0.15, 0.2) is 9.84 Å². The van der Waals surface area contributed by atoms with E-state index in [0.29, 0.717) is 11.5 Å². The van der Waals surface area contributed by atoms with Crippen molar-refractivity contribution < 1.29 is 8.42 Å². The van der Waals surface area contributed by atoms with Gasteiger partial charge in [-0.3, -0.25) is 0 Å². The Morgan fingerprint density at radius 3 is 2.69 bits per heavy atom. The molecule has 3 rings (SSSR count). The van der Waals surface area contributed by atoms with Gasteiger partial charge in [0.1, 0.15) is 0 Å². The summed E-state index contributed by atoms with van der Waals surface area (Å²) in [6.45, 7) is 0. The maximum Gasteiger partial charge on any atom is 0.153 e. The highest BCUT2D eigenvalue weighted by Gasteiger charge is 2.46. The van der Waals surface area contributed by atoms with E-state index >= 15 is 0 Å². The van der Waals surface area contributed by atoms with Crippen molar-refractivity contribution in [2.75, 3.05) is 15.8 Å². The summed E-state index contributed by atoms with van der Waals surface area (Å²) in [6, 6.07) is 10.1. The van der Waals surface area contributed by atoms with Crippen molar-refractivity contribution >= 4 is 37.3 Å². The zero-order valence-electron chi connectivity index (χ0n) is 8.44. The predicted octanol–water partition coefficient (Wildman–Crippen LogP) is 1.97. The van der Waals surface area contributed by atoms with Crippen molar-refractivity contribution in [3.63, 3.8) is 0 Å². The molecule has 2 aliphatic heterocycles. The molecule has 0 bridgehead atoms. The molecule has 2 atom stereocenters. The van der Waals surface area contributed by atoms with Gasteiger partial charge in [-0.05, 0) is 12.1 Å². The SMILES string of the molecule is O=S1(=O)C[C@@H]2SSN(c3ccccc3)[C@H]2C1. The van der Waals surface area contributed by atoms with Crippen LogP contribution in [-0.2, 0) is 9.84 Å². The van der Waals surface area contributed by atoms with E-state index in [1.54, 1.807) is 21.8 Å². The first-order valence-electron chi connectivity index (χ1n) is 5.04. The number of para-hydroxylation sites is 1. The minimum atomic E-state index is -2.82. The molecule has 2 saturated heterocycles. The zero-order valence-corrected chi connectivity index (χ0v) is 10.9. The van der Waals surface area contributed by atoms with Crippen molar-refractivity contribution in [1.29, 1.82) is 0 Å². The molecule has 0 N–H and O–H groups in total. The van der Waals surface area contributed by atoms with E-state index in [9.17, 15) is 8.42 Å². The predicted molar refractivity (Wildman–Crippen MR) is 70.3 cm³/mol. The van der Waals surface area contributed by atoms with Gasteiger partial charge in [0.05, 0.1) is 22.8 Å². The highest BCUT2D eigenvalue weighted by atomic mass is 33.1. The first kappa shape index (κ1) is 10.8. The molecule has 2 fully saturated rings. The van der Waals surface area contributed by atoms with Crippen LogP contribution in [0, 0.1) is 0 Å². The molecule has 0 unspecified atom stereocenters. The molecule has 0 spiro atoms. The highest BCUT2D eigenvalue weighted by Crippen LogP contribution is 2.49. The Kier molecular flexibility index (Phi) is 2.60. The summed E-state index contributed by atoms with van der Waals surface area (Å²) in [7, 11) is 0.533. The van der Waals surface area contributed by atoms with Gasteiger partial charge in [0.2, 0.25) is 0 Å². The number of hydrogen-bond acceptors (Lipinski definition) is 5. The fourth-order valence-corrected chi connectivity index (χ4v) is 8.15. The minimum absolute atomic E-state index is 0.141. The lowest BCUT2D eigenvalue weighted by molar-refractivity contribution is 0.601. The molecule has 1 aromatic carbocycles. The second kappa shape index (κ2) is 3.85. The number of fused-ring (bicyclic) bond motifs is 1. The Balaban J connectivity index is 1.90. The van der Waals surface area contributed by atoms with Crippen LogP contribution in [-0.4, -0.2) is 31.2 Å². The van der Waals surface area contributed by atoms with E-state index in [0.717, 1.165) is 5.69 Å². The van der Waals surface area contributed by atoms with Gasteiger partial charge in [0.25, 0.3) is 0 Å². The Labute approximate surface area is 103 Å². The summed E-state index contributed by atoms with van der Waals surface area (Å²) in [5.74, 6) is 0.630. The number of sulfone groups is 1. The van der Waals surface area contributed by atoms with Crippen LogP contribution in [0.3, 0.4) is 0 Å². The molecule has 0 saturated carbocycles. The van der Waals surface area contributed by atoms with Gasteiger partial charge in [-0.2, -0.15) is 0 Å². The standard InChI is InChI=1S/C10H11NO2S3/c12-16(13)6-9-10(7-16)14-15-11(9)8-4-2-1-3-5-8/h1-5,9-10H,6-7H2/t9-,10-/m0/s1. The fraction of sp³-hybridized carbons (Fsp3) is 0.400. The minimum Gasteiger partial charge on any atom is -0.302 e. The molecule has 86 valence electrons. The van der Waals surface area contributed by atoms with E-state index in [4.69, 9.17) is 0 Å². The zero-order chi connectivity index (χ0) is 11.2. The van der Waals surface area contributed by atoms with Crippen LogP contribution in [0.25, 0.3) is 0 Å². The van der Waals surface area contributed by atoms with Crippen molar-refractivity contribution in [1.82, 2.24) is 0 Å². The molecule has 3 nitrogen and oxygen atoms in total. The lowest BCUT2D eigenvalue weighted by atomic mass is 10.2. The number of benzene rings is 1. The fourth-order valence-electron chi connectivity index (χ4n) is 2.07. The van der Waals surface area contributed by atoms with E-state index in [2.05, 4.69) is 4.31 Å². The lowest BCUT2D eigenvalue weighted by Gasteiger charge is -2.21. The van der Waals surface area contributed by atoms with Crippen molar-refractivity contribution in [2.45, 2.75) is 11.3 Å². The van der Waals surface area contributed by atoms with E-state index < -0.39 is 9.84 Å². The number of rotatable bonds is 1. The van der Waals surface area contributed by atoms with Crippen LogP contribution in [0.15, 0.2) is 30.3 Å². The number of anilines is 1. The molecule has 0 aromatic heterocycles. The van der Waals surface area contributed by atoms with Crippen LogP contribution in [0.2, 0.25) is 0 Å². The third-order valence-corrected chi connectivity index (χ3v) is 7.70. The summed E-state index contributed by atoms with van der Waals surface area (Å²) >= 11 is 0. The third kappa shape index (κ3) is 1.83. The molecular formula is C10H11NO2S3. The summed E-state index contributed by atoms with van der Waals surface area (Å²) < 4.78 is 25.3. The highest BCUT2D eigenvalue weighted by molar-refractivity contribution is 8.78. The molecule has 2 heterocycles. The maximum atomic E-state index is 11.6. The summed E-state index contributed by atoms with van der Waals surface area (Å²) in [5.41, 5.74) is 1.10.